The molecule has 0 radical (unpaired) electrons. The lowest BCUT2D eigenvalue weighted by Crippen LogP contribution is -2.50. The third-order valence-electron chi connectivity index (χ3n) is 6.01. The largest absolute Gasteiger partial charge is 0.350 e. The molecule has 1 aromatic carbocycles. The zero-order valence-corrected chi connectivity index (χ0v) is 16.4. The maximum Gasteiger partial charge on any atom is 0.228 e. The van der Waals surface area contributed by atoms with Crippen LogP contribution in [0.25, 0.3) is 0 Å². The predicted molar refractivity (Wildman–Crippen MR) is 106 cm³/mol. The quantitative estimate of drug-likeness (QED) is 0.854. The van der Waals surface area contributed by atoms with E-state index in [1.165, 1.54) is 5.69 Å². The molecule has 5 nitrogen and oxygen atoms in total. The van der Waals surface area contributed by atoms with Crippen molar-refractivity contribution in [3.63, 3.8) is 0 Å². The molecular weight excluding hydrogens is 336 g/mol. The Bertz CT molecular complexity index is 775. The van der Waals surface area contributed by atoms with Crippen molar-refractivity contribution in [2.24, 2.45) is 5.92 Å². The van der Waals surface area contributed by atoms with Gasteiger partial charge in [-0.15, -0.1) is 0 Å². The van der Waals surface area contributed by atoms with Crippen molar-refractivity contribution in [2.75, 3.05) is 13.1 Å². The Kier molecular flexibility index (Phi) is 5.04. The number of hydrogen-bond acceptors (Lipinski definition) is 3. The molecule has 2 aromatic rings. The fraction of sp³-hybridized carbons (Fsp3) is 0.545. The second-order valence-electron chi connectivity index (χ2n) is 8.70. The van der Waals surface area contributed by atoms with Crippen molar-refractivity contribution in [1.82, 2.24) is 20.4 Å². The summed E-state index contributed by atoms with van der Waals surface area (Å²) >= 11 is 0. The van der Waals surface area contributed by atoms with Gasteiger partial charge in [0, 0.05) is 30.9 Å². The van der Waals surface area contributed by atoms with Gasteiger partial charge in [-0.3, -0.25) is 14.8 Å². The molecule has 4 rings (SSSR count). The second kappa shape index (κ2) is 7.47. The third-order valence-corrected chi connectivity index (χ3v) is 6.01. The van der Waals surface area contributed by atoms with Crippen molar-refractivity contribution in [2.45, 2.75) is 57.5 Å². The molecule has 144 valence electrons. The zero-order valence-electron chi connectivity index (χ0n) is 16.4. The first-order chi connectivity index (χ1) is 13.0. The van der Waals surface area contributed by atoms with Crippen LogP contribution in [0.15, 0.2) is 36.4 Å². The van der Waals surface area contributed by atoms with Crippen molar-refractivity contribution in [3.05, 3.63) is 53.3 Å². The van der Waals surface area contributed by atoms with Gasteiger partial charge in [0.25, 0.3) is 0 Å². The highest BCUT2D eigenvalue weighted by Gasteiger charge is 2.46. The van der Waals surface area contributed by atoms with Crippen molar-refractivity contribution in [3.8, 4) is 0 Å². The Labute approximate surface area is 161 Å². The third kappa shape index (κ3) is 4.08. The van der Waals surface area contributed by atoms with Gasteiger partial charge in [0.1, 0.15) is 0 Å². The molecule has 1 amide bonds. The van der Waals surface area contributed by atoms with Gasteiger partial charge in [-0.2, -0.15) is 5.10 Å². The van der Waals surface area contributed by atoms with Gasteiger partial charge >= 0.3 is 0 Å². The number of benzene rings is 1. The van der Waals surface area contributed by atoms with Crippen LogP contribution in [0.2, 0.25) is 0 Å². The highest BCUT2D eigenvalue weighted by molar-refractivity contribution is 5.87. The minimum atomic E-state index is -0.0229. The highest BCUT2D eigenvalue weighted by Crippen LogP contribution is 2.39. The lowest BCUT2D eigenvalue weighted by molar-refractivity contribution is -0.121. The SMILES string of the molecule is CC(C)Cc1cc(CN2CCC3(CC2)C[C@H](c2ccccc2)C(=O)N3)[nH]n1. The predicted octanol–water partition coefficient (Wildman–Crippen LogP) is 3.25. The number of nitrogens with one attached hydrogen (secondary N) is 2. The van der Waals surface area contributed by atoms with Crippen LogP contribution in [0.1, 0.15) is 56.0 Å². The number of carbonyl (C=O) groups is 1. The minimum absolute atomic E-state index is 0.00366. The fourth-order valence-electron chi connectivity index (χ4n) is 4.56. The molecular formula is C22H30N4O. The fourth-order valence-corrected chi connectivity index (χ4v) is 4.56. The number of piperidine rings is 1. The van der Waals surface area contributed by atoms with E-state index in [0.717, 1.165) is 56.6 Å². The molecule has 0 bridgehead atoms. The Morgan fingerprint density at radius 1 is 1.22 bits per heavy atom. The zero-order chi connectivity index (χ0) is 18.9. The first-order valence-electron chi connectivity index (χ1n) is 10.2. The summed E-state index contributed by atoms with van der Waals surface area (Å²) in [6.45, 7) is 7.38. The van der Waals surface area contributed by atoms with E-state index in [1.54, 1.807) is 0 Å². The molecule has 3 heterocycles. The molecule has 1 spiro atoms. The summed E-state index contributed by atoms with van der Waals surface area (Å²) in [6, 6.07) is 12.4. The van der Waals surface area contributed by atoms with E-state index < -0.39 is 0 Å². The second-order valence-corrected chi connectivity index (χ2v) is 8.70. The van der Waals surface area contributed by atoms with Gasteiger partial charge in [-0.25, -0.2) is 0 Å². The average molecular weight is 367 g/mol. The van der Waals surface area contributed by atoms with Crippen LogP contribution in [-0.2, 0) is 17.8 Å². The molecule has 0 unspecified atom stereocenters. The Morgan fingerprint density at radius 3 is 2.67 bits per heavy atom. The van der Waals surface area contributed by atoms with Gasteiger partial charge < -0.3 is 5.32 Å². The van der Waals surface area contributed by atoms with Crippen LogP contribution in [-0.4, -0.2) is 39.6 Å². The van der Waals surface area contributed by atoms with E-state index in [2.05, 4.69) is 52.5 Å². The topological polar surface area (TPSA) is 61.0 Å². The number of H-pyrrole nitrogens is 1. The molecule has 2 aliphatic heterocycles. The maximum atomic E-state index is 12.6. The summed E-state index contributed by atoms with van der Waals surface area (Å²) in [7, 11) is 0. The smallest absolute Gasteiger partial charge is 0.228 e. The molecule has 1 aromatic heterocycles. The van der Waals surface area contributed by atoms with E-state index in [0.29, 0.717) is 5.92 Å². The molecule has 0 saturated carbocycles. The number of aromatic nitrogens is 2. The van der Waals surface area contributed by atoms with Crippen LogP contribution in [0.4, 0.5) is 0 Å². The summed E-state index contributed by atoms with van der Waals surface area (Å²) in [6.07, 6.45) is 3.99. The van der Waals surface area contributed by atoms with Gasteiger partial charge in [-0.05, 0) is 43.2 Å². The van der Waals surface area contributed by atoms with Gasteiger partial charge in [0.05, 0.1) is 11.6 Å². The summed E-state index contributed by atoms with van der Waals surface area (Å²) in [4.78, 5) is 15.0. The normalized spacial score (nSPS) is 22.5. The Morgan fingerprint density at radius 2 is 1.96 bits per heavy atom. The average Bonchev–Trinajstić information content (AvgIpc) is 3.22. The van der Waals surface area contributed by atoms with Crippen molar-refractivity contribution >= 4 is 5.91 Å². The lowest BCUT2D eigenvalue weighted by Gasteiger charge is -2.39. The van der Waals surface area contributed by atoms with Crippen molar-refractivity contribution in [1.29, 1.82) is 0 Å². The lowest BCUT2D eigenvalue weighted by atomic mass is 9.82. The standard InChI is InChI=1S/C22H30N4O/c1-16(2)12-18-13-19(25-24-18)15-26-10-8-22(9-11-26)14-20(21(27)23-22)17-6-4-3-5-7-17/h3-7,13,16,20H,8-12,14-15H2,1-2H3,(H,23,27)(H,24,25)/t20-/m1/s1. The number of amides is 1. The van der Waals surface area contributed by atoms with Crippen LogP contribution < -0.4 is 5.32 Å². The number of likely N-dealkylation sites (tertiary alicyclic amines) is 1. The molecule has 2 N–H and O–H groups in total. The monoisotopic (exact) mass is 366 g/mol. The van der Waals surface area contributed by atoms with Crippen molar-refractivity contribution < 1.29 is 4.79 Å². The molecule has 2 fully saturated rings. The summed E-state index contributed by atoms with van der Waals surface area (Å²) in [5, 5.41) is 11.0. The Balaban J connectivity index is 1.34. The number of carbonyl (C=O) groups excluding carboxylic acids is 1. The number of nitrogens with zero attached hydrogens (tertiary/aromatic N) is 2. The Hall–Kier alpha value is -2.14. The highest BCUT2D eigenvalue weighted by atomic mass is 16.2. The molecule has 1 atom stereocenters. The number of rotatable bonds is 5. The molecule has 27 heavy (non-hydrogen) atoms. The van der Waals surface area contributed by atoms with Gasteiger partial charge in [-0.1, -0.05) is 44.2 Å². The van der Waals surface area contributed by atoms with Crippen LogP contribution in [0.3, 0.4) is 0 Å². The first kappa shape index (κ1) is 18.2. The van der Waals surface area contributed by atoms with Gasteiger partial charge in [0.15, 0.2) is 0 Å². The van der Waals surface area contributed by atoms with Crippen LogP contribution in [0, 0.1) is 5.92 Å². The minimum Gasteiger partial charge on any atom is -0.350 e. The van der Waals surface area contributed by atoms with Crippen LogP contribution >= 0.6 is 0 Å². The summed E-state index contributed by atoms with van der Waals surface area (Å²) in [5.41, 5.74) is 3.47. The van der Waals surface area contributed by atoms with Crippen LogP contribution in [0.5, 0.6) is 0 Å². The molecule has 2 saturated heterocycles. The summed E-state index contributed by atoms with van der Waals surface area (Å²) in [5.74, 6) is 0.824. The maximum absolute atomic E-state index is 12.6. The van der Waals surface area contributed by atoms with E-state index in [-0.39, 0.29) is 17.4 Å². The van der Waals surface area contributed by atoms with E-state index in [9.17, 15) is 4.79 Å². The first-order valence-corrected chi connectivity index (χ1v) is 10.2. The molecule has 2 aliphatic rings. The summed E-state index contributed by atoms with van der Waals surface area (Å²) < 4.78 is 0. The number of hydrogen-bond donors (Lipinski definition) is 2. The van der Waals surface area contributed by atoms with Gasteiger partial charge in [0.2, 0.25) is 5.91 Å². The molecule has 0 aliphatic carbocycles. The van der Waals surface area contributed by atoms with E-state index in [4.69, 9.17) is 0 Å². The van der Waals surface area contributed by atoms with E-state index in [1.807, 2.05) is 18.2 Å². The molecule has 5 heteroatoms. The number of aromatic amines is 1. The van der Waals surface area contributed by atoms with E-state index >= 15 is 0 Å².